The van der Waals surface area contributed by atoms with Crippen LogP contribution in [0.25, 0.3) is 0 Å². The average molecular weight is 390 g/mol. The van der Waals surface area contributed by atoms with E-state index in [0.29, 0.717) is 17.4 Å². The molecule has 7 heteroatoms. The molecule has 0 heterocycles. The molecule has 2 aromatic rings. The highest BCUT2D eigenvalue weighted by atomic mass is 79.9. The molecule has 0 aliphatic heterocycles. The van der Waals surface area contributed by atoms with Crippen molar-refractivity contribution in [3.05, 3.63) is 62.1 Å². The van der Waals surface area contributed by atoms with Crippen LogP contribution < -0.4 is 10.6 Å². The lowest BCUT2D eigenvalue weighted by Gasteiger charge is -2.10. The Kier molecular flexibility index (Phi) is 4.53. The minimum atomic E-state index is -0.469. The fourth-order valence-corrected chi connectivity index (χ4v) is 2.90. The number of hydrogen-bond acceptors (Lipinski definition) is 4. The van der Waals surface area contributed by atoms with Crippen LogP contribution in [-0.2, 0) is 0 Å². The molecule has 2 aromatic carbocycles. The zero-order chi connectivity index (χ0) is 17.3. The molecule has 1 aliphatic carbocycles. The Hall–Kier alpha value is -2.41. The Morgan fingerprint density at radius 2 is 1.92 bits per heavy atom. The maximum atomic E-state index is 12.4. The predicted octanol–water partition coefficient (Wildman–Crippen LogP) is 4.49. The molecular formula is C17H16BrN3O3. The van der Waals surface area contributed by atoms with Crippen LogP contribution in [0, 0.1) is 17.0 Å². The second kappa shape index (κ2) is 6.60. The summed E-state index contributed by atoms with van der Waals surface area (Å²) in [7, 11) is 0. The first kappa shape index (κ1) is 16.4. The summed E-state index contributed by atoms with van der Waals surface area (Å²) in [5, 5.41) is 17.2. The molecule has 0 aromatic heterocycles. The molecule has 1 aliphatic rings. The summed E-state index contributed by atoms with van der Waals surface area (Å²) >= 11 is 3.40. The van der Waals surface area contributed by atoms with E-state index in [1.807, 2.05) is 19.1 Å². The van der Waals surface area contributed by atoms with Gasteiger partial charge in [-0.25, -0.2) is 0 Å². The summed E-state index contributed by atoms with van der Waals surface area (Å²) in [5.74, 6) is -0.388. The molecule has 0 spiro atoms. The molecule has 124 valence electrons. The van der Waals surface area contributed by atoms with Crippen molar-refractivity contribution in [2.45, 2.75) is 25.8 Å². The number of nitro benzene ring substituents is 1. The number of hydrogen-bond donors (Lipinski definition) is 2. The smallest absolute Gasteiger partial charge is 0.293 e. The van der Waals surface area contributed by atoms with Gasteiger partial charge in [0.1, 0.15) is 5.69 Å². The quantitative estimate of drug-likeness (QED) is 0.582. The molecule has 1 fully saturated rings. The highest BCUT2D eigenvalue weighted by molar-refractivity contribution is 9.10. The van der Waals surface area contributed by atoms with Gasteiger partial charge in [0.05, 0.1) is 10.6 Å². The second-order valence-electron chi connectivity index (χ2n) is 5.85. The van der Waals surface area contributed by atoms with E-state index in [-0.39, 0.29) is 17.2 Å². The first-order chi connectivity index (χ1) is 11.4. The van der Waals surface area contributed by atoms with Crippen LogP contribution in [-0.4, -0.2) is 16.9 Å². The van der Waals surface area contributed by atoms with E-state index >= 15 is 0 Å². The number of nitrogens with zero attached hydrogens (tertiary/aromatic N) is 1. The van der Waals surface area contributed by atoms with Gasteiger partial charge in [-0.1, -0.05) is 6.07 Å². The van der Waals surface area contributed by atoms with Crippen molar-refractivity contribution in [2.24, 2.45) is 0 Å². The van der Waals surface area contributed by atoms with Crippen LogP contribution in [0.5, 0.6) is 0 Å². The third-order valence-corrected chi connectivity index (χ3v) is 4.42. The van der Waals surface area contributed by atoms with E-state index in [4.69, 9.17) is 0 Å². The molecule has 0 radical (unpaired) electrons. The minimum Gasteiger partial charge on any atom is -0.377 e. The lowest BCUT2D eigenvalue weighted by atomic mass is 10.1. The molecule has 1 amide bonds. The number of aryl methyl sites for hydroxylation is 1. The van der Waals surface area contributed by atoms with E-state index in [2.05, 4.69) is 26.6 Å². The van der Waals surface area contributed by atoms with Gasteiger partial charge in [-0.05, 0) is 65.5 Å². The highest BCUT2D eigenvalue weighted by Gasteiger charge is 2.25. The topological polar surface area (TPSA) is 84.3 Å². The first-order valence-electron chi connectivity index (χ1n) is 7.56. The Morgan fingerprint density at radius 1 is 1.21 bits per heavy atom. The normalized spacial score (nSPS) is 13.4. The summed E-state index contributed by atoms with van der Waals surface area (Å²) in [6.07, 6.45) is 2.03. The molecule has 24 heavy (non-hydrogen) atoms. The van der Waals surface area contributed by atoms with Crippen molar-refractivity contribution in [2.75, 3.05) is 10.6 Å². The maximum absolute atomic E-state index is 12.4. The molecule has 1 saturated carbocycles. The number of nitro groups is 1. The minimum absolute atomic E-state index is 0.0856. The SMILES string of the molecule is Cc1ccc(NC(=O)c2ccc(NC3CC3)c([N+](=O)[O-])c2)c(Br)c1. The van der Waals surface area contributed by atoms with Gasteiger partial charge in [0.2, 0.25) is 0 Å². The Morgan fingerprint density at radius 3 is 2.54 bits per heavy atom. The number of carbonyl (C=O) groups excluding carboxylic acids is 1. The van der Waals surface area contributed by atoms with Crippen LogP contribution in [0.1, 0.15) is 28.8 Å². The molecule has 0 unspecified atom stereocenters. The number of amides is 1. The van der Waals surface area contributed by atoms with E-state index in [0.717, 1.165) is 22.9 Å². The third-order valence-electron chi connectivity index (χ3n) is 3.77. The number of rotatable bonds is 5. The monoisotopic (exact) mass is 389 g/mol. The van der Waals surface area contributed by atoms with Crippen molar-refractivity contribution >= 4 is 38.9 Å². The molecular weight excluding hydrogens is 374 g/mol. The van der Waals surface area contributed by atoms with Gasteiger partial charge in [0.25, 0.3) is 11.6 Å². The van der Waals surface area contributed by atoms with Crippen LogP contribution >= 0.6 is 15.9 Å². The van der Waals surface area contributed by atoms with Crippen LogP contribution in [0.3, 0.4) is 0 Å². The second-order valence-corrected chi connectivity index (χ2v) is 6.70. The van der Waals surface area contributed by atoms with Crippen molar-refractivity contribution in [3.8, 4) is 0 Å². The van der Waals surface area contributed by atoms with E-state index in [1.165, 1.54) is 6.07 Å². The Labute approximate surface area is 147 Å². The Balaban J connectivity index is 1.83. The molecule has 2 N–H and O–H groups in total. The summed E-state index contributed by atoms with van der Waals surface area (Å²) in [6.45, 7) is 1.95. The molecule has 0 bridgehead atoms. The first-order valence-corrected chi connectivity index (χ1v) is 8.36. The average Bonchev–Trinajstić information content (AvgIpc) is 3.34. The van der Waals surface area contributed by atoms with Crippen molar-refractivity contribution in [1.29, 1.82) is 0 Å². The standard InChI is InChI=1S/C17H16BrN3O3/c1-10-2-6-14(13(18)8-10)20-17(22)11-3-7-15(19-12-4-5-12)16(9-11)21(23)24/h2-3,6-9,12,19H,4-5H2,1H3,(H,20,22). The van der Waals surface area contributed by atoms with Crippen LogP contribution in [0.4, 0.5) is 17.1 Å². The molecule has 6 nitrogen and oxygen atoms in total. The van der Waals surface area contributed by atoms with E-state index < -0.39 is 4.92 Å². The fraction of sp³-hybridized carbons (Fsp3) is 0.235. The molecule has 0 atom stereocenters. The van der Waals surface area contributed by atoms with E-state index in [9.17, 15) is 14.9 Å². The summed E-state index contributed by atoms with van der Waals surface area (Å²) < 4.78 is 0.761. The van der Waals surface area contributed by atoms with Crippen molar-refractivity contribution in [1.82, 2.24) is 0 Å². The van der Waals surface area contributed by atoms with Gasteiger partial charge in [-0.15, -0.1) is 0 Å². The van der Waals surface area contributed by atoms with Crippen molar-refractivity contribution in [3.63, 3.8) is 0 Å². The van der Waals surface area contributed by atoms with Gasteiger partial charge in [-0.2, -0.15) is 0 Å². The lowest BCUT2D eigenvalue weighted by molar-refractivity contribution is -0.384. The number of carbonyl (C=O) groups is 1. The number of benzene rings is 2. The van der Waals surface area contributed by atoms with E-state index in [1.54, 1.807) is 18.2 Å². The molecule has 0 saturated heterocycles. The Bertz CT molecular complexity index is 819. The zero-order valence-corrected chi connectivity index (χ0v) is 14.6. The van der Waals surface area contributed by atoms with Gasteiger partial charge in [0, 0.05) is 22.1 Å². The number of anilines is 2. The zero-order valence-electron chi connectivity index (χ0n) is 13.0. The predicted molar refractivity (Wildman–Crippen MR) is 96.6 cm³/mol. The highest BCUT2D eigenvalue weighted by Crippen LogP contribution is 2.32. The van der Waals surface area contributed by atoms with Crippen LogP contribution in [0.2, 0.25) is 0 Å². The van der Waals surface area contributed by atoms with Gasteiger partial charge in [-0.3, -0.25) is 14.9 Å². The molecule has 3 rings (SSSR count). The third kappa shape index (κ3) is 3.73. The fourth-order valence-electron chi connectivity index (χ4n) is 2.31. The van der Waals surface area contributed by atoms with Gasteiger partial charge >= 0.3 is 0 Å². The summed E-state index contributed by atoms with van der Waals surface area (Å²) in [4.78, 5) is 23.2. The largest absolute Gasteiger partial charge is 0.377 e. The lowest BCUT2D eigenvalue weighted by Crippen LogP contribution is -2.13. The van der Waals surface area contributed by atoms with Gasteiger partial charge < -0.3 is 10.6 Å². The van der Waals surface area contributed by atoms with Crippen molar-refractivity contribution < 1.29 is 9.72 Å². The van der Waals surface area contributed by atoms with Crippen LogP contribution in [0.15, 0.2) is 40.9 Å². The van der Waals surface area contributed by atoms with Gasteiger partial charge in [0.15, 0.2) is 0 Å². The summed E-state index contributed by atoms with van der Waals surface area (Å²) in [5.41, 5.74) is 2.29. The number of halogens is 1. The maximum Gasteiger partial charge on any atom is 0.293 e. The summed E-state index contributed by atoms with van der Waals surface area (Å²) in [6, 6.07) is 10.3. The number of nitrogens with one attached hydrogen (secondary N) is 2.